The molecule has 1 unspecified atom stereocenters. The van der Waals surface area contributed by atoms with Gasteiger partial charge in [0, 0.05) is 22.6 Å². The van der Waals surface area contributed by atoms with Crippen molar-refractivity contribution in [2.45, 2.75) is 51.2 Å². The van der Waals surface area contributed by atoms with Crippen molar-refractivity contribution in [3.63, 3.8) is 0 Å². The van der Waals surface area contributed by atoms with Crippen molar-refractivity contribution < 1.29 is 14.3 Å². The molecule has 0 radical (unpaired) electrons. The number of hydrogen-bond acceptors (Lipinski definition) is 3. The second kappa shape index (κ2) is 11.2. The van der Waals surface area contributed by atoms with Crippen molar-refractivity contribution in [3.05, 3.63) is 62.5 Å². The maximum Gasteiger partial charge on any atom is 0.261 e. The minimum absolute atomic E-state index is 0.157. The molecule has 3 rings (SSSR count). The van der Waals surface area contributed by atoms with Crippen LogP contribution in [0.5, 0.6) is 5.75 Å². The molecule has 0 aromatic heterocycles. The van der Waals surface area contributed by atoms with Crippen molar-refractivity contribution in [2.24, 2.45) is 0 Å². The number of carbonyl (C=O) groups is 2. The van der Waals surface area contributed by atoms with Crippen LogP contribution in [0.1, 0.15) is 38.2 Å². The Labute approximate surface area is 201 Å². The van der Waals surface area contributed by atoms with E-state index in [1.54, 1.807) is 37.3 Å². The summed E-state index contributed by atoms with van der Waals surface area (Å²) < 4.78 is 6.36. The fourth-order valence-electron chi connectivity index (χ4n) is 3.62. The zero-order valence-corrected chi connectivity index (χ0v) is 20.3. The summed E-state index contributed by atoms with van der Waals surface area (Å²) in [6, 6.07) is 11.9. The standard InChI is InChI=1S/C23H25BrCl2N2O3/c1-15(23(30)27-19-7-2-3-8-19)28(13-16-5-4-6-17(25)11-16)22(29)14-31-21-10-9-18(26)12-20(21)24/h4-6,9-12,15,19H,2-3,7-8,13-14H2,1H3,(H,27,30). The van der Waals surface area contributed by atoms with Gasteiger partial charge in [0.15, 0.2) is 6.61 Å². The Balaban J connectivity index is 1.73. The van der Waals surface area contributed by atoms with E-state index >= 15 is 0 Å². The molecular weight excluding hydrogens is 503 g/mol. The molecule has 1 aliphatic carbocycles. The van der Waals surface area contributed by atoms with Gasteiger partial charge in [0.1, 0.15) is 11.8 Å². The zero-order chi connectivity index (χ0) is 22.4. The summed E-state index contributed by atoms with van der Waals surface area (Å²) >= 11 is 15.5. The van der Waals surface area contributed by atoms with Gasteiger partial charge in [0.25, 0.3) is 5.91 Å². The van der Waals surface area contributed by atoms with Gasteiger partial charge in [0.05, 0.1) is 4.47 Å². The molecule has 0 heterocycles. The molecule has 1 fully saturated rings. The largest absolute Gasteiger partial charge is 0.483 e. The molecule has 0 saturated heterocycles. The summed E-state index contributed by atoms with van der Waals surface area (Å²) in [4.78, 5) is 27.5. The van der Waals surface area contributed by atoms with E-state index in [4.69, 9.17) is 27.9 Å². The summed E-state index contributed by atoms with van der Waals surface area (Å²) in [5.74, 6) is 0.0503. The van der Waals surface area contributed by atoms with E-state index in [1.165, 1.54) is 4.90 Å². The van der Waals surface area contributed by atoms with E-state index in [0.29, 0.717) is 20.3 Å². The van der Waals surface area contributed by atoms with E-state index in [9.17, 15) is 9.59 Å². The van der Waals surface area contributed by atoms with Gasteiger partial charge in [-0.3, -0.25) is 9.59 Å². The average molecular weight is 528 g/mol. The maximum absolute atomic E-state index is 13.1. The normalized spacial score (nSPS) is 14.8. The van der Waals surface area contributed by atoms with Gasteiger partial charge < -0.3 is 15.0 Å². The Hall–Kier alpha value is -1.76. The average Bonchev–Trinajstić information content (AvgIpc) is 3.23. The van der Waals surface area contributed by atoms with Crippen LogP contribution >= 0.6 is 39.1 Å². The molecule has 1 aliphatic rings. The van der Waals surface area contributed by atoms with Gasteiger partial charge in [0.2, 0.25) is 5.91 Å². The molecule has 2 amide bonds. The predicted molar refractivity (Wildman–Crippen MR) is 127 cm³/mol. The van der Waals surface area contributed by atoms with Crippen molar-refractivity contribution in [1.82, 2.24) is 10.2 Å². The van der Waals surface area contributed by atoms with Crippen LogP contribution in [0.15, 0.2) is 46.9 Å². The van der Waals surface area contributed by atoms with E-state index < -0.39 is 6.04 Å². The number of nitrogens with zero attached hydrogens (tertiary/aromatic N) is 1. The van der Waals surface area contributed by atoms with Crippen molar-refractivity contribution in [1.29, 1.82) is 0 Å². The number of benzene rings is 2. The first-order valence-electron chi connectivity index (χ1n) is 10.3. The monoisotopic (exact) mass is 526 g/mol. The topological polar surface area (TPSA) is 58.6 Å². The molecule has 1 saturated carbocycles. The first-order valence-corrected chi connectivity index (χ1v) is 11.8. The molecule has 0 spiro atoms. The first-order chi connectivity index (χ1) is 14.8. The summed E-state index contributed by atoms with van der Waals surface area (Å²) in [6.07, 6.45) is 4.20. The molecule has 0 bridgehead atoms. The SMILES string of the molecule is CC(C(=O)NC1CCCC1)N(Cc1cccc(Cl)c1)C(=O)COc1ccc(Cl)cc1Br. The van der Waals surface area contributed by atoms with E-state index in [0.717, 1.165) is 31.2 Å². The number of hydrogen-bond donors (Lipinski definition) is 1. The summed E-state index contributed by atoms with van der Waals surface area (Å²) in [5, 5.41) is 4.22. The van der Waals surface area contributed by atoms with E-state index in [-0.39, 0.29) is 31.0 Å². The number of amides is 2. The molecule has 5 nitrogen and oxygen atoms in total. The Kier molecular flexibility index (Phi) is 8.64. The van der Waals surface area contributed by atoms with Crippen LogP contribution in [-0.2, 0) is 16.1 Å². The Morgan fingerprint density at radius 3 is 2.55 bits per heavy atom. The van der Waals surface area contributed by atoms with E-state index in [2.05, 4.69) is 21.2 Å². The highest BCUT2D eigenvalue weighted by Gasteiger charge is 2.29. The van der Waals surface area contributed by atoms with Gasteiger partial charge >= 0.3 is 0 Å². The third-order valence-corrected chi connectivity index (χ3v) is 6.45. The highest BCUT2D eigenvalue weighted by molar-refractivity contribution is 9.10. The first kappa shape index (κ1) is 23.9. The predicted octanol–water partition coefficient (Wildman–Crippen LogP) is 5.61. The van der Waals surface area contributed by atoms with Crippen LogP contribution in [0.3, 0.4) is 0 Å². The lowest BCUT2D eigenvalue weighted by Gasteiger charge is -2.29. The molecule has 0 aliphatic heterocycles. The molecule has 8 heteroatoms. The van der Waals surface area contributed by atoms with Crippen LogP contribution in [0.25, 0.3) is 0 Å². The van der Waals surface area contributed by atoms with Crippen LogP contribution in [0.4, 0.5) is 0 Å². The summed E-state index contributed by atoms with van der Waals surface area (Å²) in [6.45, 7) is 1.79. The third-order valence-electron chi connectivity index (χ3n) is 5.36. The number of halogens is 3. The quantitative estimate of drug-likeness (QED) is 0.485. The van der Waals surface area contributed by atoms with Crippen molar-refractivity contribution in [2.75, 3.05) is 6.61 Å². The molecule has 31 heavy (non-hydrogen) atoms. The molecule has 1 atom stereocenters. The van der Waals surface area contributed by atoms with E-state index in [1.807, 2.05) is 12.1 Å². The molecule has 1 N–H and O–H groups in total. The van der Waals surface area contributed by atoms with Crippen LogP contribution in [0.2, 0.25) is 10.0 Å². The Morgan fingerprint density at radius 2 is 1.87 bits per heavy atom. The highest BCUT2D eigenvalue weighted by Crippen LogP contribution is 2.28. The van der Waals surface area contributed by atoms with Gasteiger partial charge in [-0.1, -0.05) is 48.2 Å². The number of rotatable bonds is 8. The van der Waals surface area contributed by atoms with Crippen LogP contribution in [-0.4, -0.2) is 35.4 Å². The smallest absolute Gasteiger partial charge is 0.261 e. The van der Waals surface area contributed by atoms with Crippen molar-refractivity contribution in [3.8, 4) is 5.75 Å². The fraction of sp³-hybridized carbons (Fsp3) is 0.391. The lowest BCUT2D eigenvalue weighted by Crippen LogP contribution is -2.50. The Morgan fingerprint density at radius 1 is 1.16 bits per heavy atom. The lowest BCUT2D eigenvalue weighted by atomic mass is 10.1. The zero-order valence-electron chi connectivity index (χ0n) is 17.2. The molecule has 2 aromatic rings. The van der Waals surface area contributed by atoms with Crippen molar-refractivity contribution >= 4 is 50.9 Å². The Bertz CT molecular complexity index is 935. The molecular formula is C23H25BrCl2N2O3. The van der Waals surface area contributed by atoms with Crippen LogP contribution in [0, 0.1) is 0 Å². The van der Waals surface area contributed by atoms with Gasteiger partial charge in [-0.25, -0.2) is 0 Å². The second-order valence-corrected chi connectivity index (χ2v) is 9.41. The summed E-state index contributed by atoms with van der Waals surface area (Å²) in [5.41, 5.74) is 0.842. The van der Waals surface area contributed by atoms with Crippen LogP contribution < -0.4 is 10.1 Å². The second-order valence-electron chi connectivity index (χ2n) is 7.68. The number of ether oxygens (including phenoxy) is 1. The summed E-state index contributed by atoms with van der Waals surface area (Å²) in [7, 11) is 0. The van der Waals surface area contributed by atoms with Gasteiger partial charge in [-0.2, -0.15) is 0 Å². The third kappa shape index (κ3) is 6.86. The fourth-order valence-corrected chi connectivity index (χ4v) is 4.63. The lowest BCUT2D eigenvalue weighted by molar-refractivity contribution is -0.142. The maximum atomic E-state index is 13.1. The number of carbonyl (C=O) groups excluding carboxylic acids is 2. The van der Waals surface area contributed by atoms with Gasteiger partial charge in [-0.15, -0.1) is 0 Å². The highest BCUT2D eigenvalue weighted by atomic mass is 79.9. The molecule has 166 valence electrons. The minimum Gasteiger partial charge on any atom is -0.483 e. The molecule has 2 aromatic carbocycles. The number of nitrogens with one attached hydrogen (secondary N) is 1. The minimum atomic E-state index is -0.649. The van der Waals surface area contributed by atoms with Gasteiger partial charge in [-0.05, 0) is 71.6 Å².